The molecule has 1 aliphatic rings. The maximum Gasteiger partial charge on any atom is 0.416 e. The third-order valence-corrected chi connectivity index (χ3v) is 4.87. The molecular formula is C21H18F4N6O2. The summed E-state index contributed by atoms with van der Waals surface area (Å²) in [5.41, 5.74) is 0.107. The number of anilines is 2. The highest BCUT2D eigenvalue weighted by atomic mass is 19.4. The van der Waals surface area contributed by atoms with E-state index in [4.69, 9.17) is 4.74 Å². The van der Waals surface area contributed by atoms with Gasteiger partial charge in [-0.3, -0.25) is 4.79 Å². The summed E-state index contributed by atoms with van der Waals surface area (Å²) in [4.78, 5) is 22.8. The molecule has 12 heteroatoms. The van der Waals surface area contributed by atoms with Crippen molar-refractivity contribution in [3.05, 3.63) is 65.6 Å². The van der Waals surface area contributed by atoms with E-state index in [0.717, 1.165) is 12.1 Å². The number of nitrogens with zero attached hydrogens (tertiary/aromatic N) is 5. The van der Waals surface area contributed by atoms with E-state index in [1.54, 1.807) is 11.0 Å². The molecule has 8 nitrogen and oxygen atoms in total. The van der Waals surface area contributed by atoms with Crippen molar-refractivity contribution >= 4 is 17.4 Å². The number of hydrogen-bond acceptors (Lipinski definition) is 7. The van der Waals surface area contributed by atoms with E-state index in [9.17, 15) is 22.4 Å². The number of aryl methyl sites for hydroxylation is 1. The Morgan fingerprint density at radius 3 is 2.67 bits per heavy atom. The van der Waals surface area contributed by atoms with Crippen LogP contribution in [0.4, 0.5) is 29.1 Å². The summed E-state index contributed by atoms with van der Waals surface area (Å²) >= 11 is 0. The molecule has 0 aliphatic carbocycles. The number of halogens is 4. The molecule has 1 saturated heterocycles. The number of amides is 1. The van der Waals surface area contributed by atoms with E-state index >= 15 is 0 Å². The van der Waals surface area contributed by atoms with Gasteiger partial charge in [-0.25, -0.2) is 14.4 Å². The Labute approximate surface area is 185 Å². The van der Waals surface area contributed by atoms with Crippen molar-refractivity contribution in [2.75, 3.05) is 23.3 Å². The molecule has 0 unspecified atom stereocenters. The quantitative estimate of drug-likeness (QED) is 0.561. The van der Waals surface area contributed by atoms with Crippen molar-refractivity contribution < 1.29 is 27.1 Å². The molecule has 0 saturated carbocycles. The molecule has 0 spiro atoms. The van der Waals surface area contributed by atoms with Crippen LogP contribution in [0.2, 0.25) is 0 Å². The molecule has 1 aromatic carbocycles. The van der Waals surface area contributed by atoms with Gasteiger partial charge in [-0.1, -0.05) is 6.92 Å². The first-order valence-electron chi connectivity index (χ1n) is 9.96. The van der Waals surface area contributed by atoms with Crippen LogP contribution in [-0.4, -0.2) is 45.3 Å². The number of ether oxygens (including phenoxy) is 1. The van der Waals surface area contributed by atoms with Gasteiger partial charge in [-0.15, -0.1) is 0 Å². The predicted molar refractivity (Wildman–Crippen MR) is 109 cm³/mol. The van der Waals surface area contributed by atoms with Gasteiger partial charge in [0.1, 0.15) is 17.7 Å². The topological polar surface area (TPSA) is 93.1 Å². The van der Waals surface area contributed by atoms with E-state index < -0.39 is 29.6 Å². The summed E-state index contributed by atoms with van der Waals surface area (Å²) in [6.07, 6.45) is -0.337. The van der Waals surface area contributed by atoms with Crippen LogP contribution in [0.1, 0.15) is 28.7 Å². The summed E-state index contributed by atoms with van der Waals surface area (Å²) in [5, 5.41) is 10.5. The Balaban J connectivity index is 1.43. The van der Waals surface area contributed by atoms with E-state index in [1.165, 1.54) is 18.6 Å². The lowest BCUT2D eigenvalue weighted by molar-refractivity contribution is -0.137. The standard InChI is InChI=1S/C21H18F4N6O2/c1-2-14-8-15(9-28-30-14)29-20(32)18-19(27-4-3-26-18)31-10-17(11-31)33-16-6-12(21(23,24)25)5-13(22)7-16/h3-9,17H,2,10-11H2,1H3,(H,29,30,32). The van der Waals surface area contributed by atoms with Gasteiger partial charge in [0.15, 0.2) is 11.5 Å². The Morgan fingerprint density at radius 1 is 1.18 bits per heavy atom. The van der Waals surface area contributed by atoms with E-state index in [-0.39, 0.29) is 24.5 Å². The van der Waals surface area contributed by atoms with Gasteiger partial charge in [-0.05, 0) is 24.6 Å². The van der Waals surface area contributed by atoms with Gasteiger partial charge < -0.3 is 15.0 Å². The monoisotopic (exact) mass is 462 g/mol. The Hall–Kier alpha value is -3.83. The van der Waals surface area contributed by atoms with Crippen LogP contribution in [0.5, 0.6) is 5.75 Å². The van der Waals surface area contributed by atoms with Gasteiger partial charge in [0, 0.05) is 18.5 Å². The second-order valence-electron chi connectivity index (χ2n) is 7.29. The third kappa shape index (κ3) is 5.16. The predicted octanol–water partition coefficient (Wildman–Crippen LogP) is 3.51. The summed E-state index contributed by atoms with van der Waals surface area (Å²) in [7, 11) is 0. The third-order valence-electron chi connectivity index (χ3n) is 4.87. The molecule has 1 aliphatic heterocycles. The average molecular weight is 462 g/mol. The largest absolute Gasteiger partial charge is 0.487 e. The fourth-order valence-electron chi connectivity index (χ4n) is 3.24. The minimum Gasteiger partial charge on any atom is -0.487 e. The Morgan fingerprint density at radius 2 is 1.94 bits per heavy atom. The van der Waals surface area contributed by atoms with Crippen molar-refractivity contribution in [3.8, 4) is 5.75 Å². The number of aromatic nitrogens is 4. The first-order valence-corrected chi connectivity index (χ1v) is 9.96. The summed E-state index contributed by atoms with van der Waals surface area (Å²) in [5.74, 6) is -1.47. The minimum atomic E-state index is -4.68. The molecule has 2 aromatic heterocycles. The van der Waals surface area contributed by atoms with Crippen molar-refractivity contribution in [1.82, 2.24) is 20.2 Å². The van der Waals surface area contributed by atoms with Gasteiger partial charge in [0.05, 0.1) is 36.2 Å². The lowest BCUT2D eigenvalue weighted by atomic mass is 10.1. The molecule has 1 amide bonds. The highest BCUT2D eigenvalue weighted by molar-refractivity contribution is 6.06. The van der Waals surface area contributed by atoms with E-state index in [2.05, 4.69) is 25.5 Å². The van der Waals surface area contributed by atoms with Gasteiger partial charge >= 0.3 is 6.18 Å². The number of carbonyl (C=O) groups excluding carboxylic acids is 1. The summed E-state index contributed by atoms with van der Waals surface area (Å²) in [6.45, 7) is 2.37. The molecule has 0 bridgehead atoms. The molecule has 1 fully saturated rings. The number of nitrogens with one attached hydrogen (secondary N) is 1. The molecule has 0 radical (unpaired) electrons. The molecule has 33 heavy (non-hydrogen) atoms. The van der Waals surface area contributed by atoms with Gasteiger partial charge in [0.2, 0.25) is 0 Å². The van der Waals surface area contributed by atoms with Crippen molar-refractivity contribution in [1.29, 1.82) is 0 Å². The Kier molecular flexibility index (Phi) is 6.07. The van der Waals surface area contributed by atoms with Crippen LogP contribution in [-0.2, 0) is 12.6 Å². The number of carbonyl (C=O) groups is 1. The second kappa shape index (κ2) is 8.96. The smallest absolute Gasteiger partial charge is 0.416 e. The number of alkyl halides is 3. The van der Waals surface area contributed by atoms with E-state index in [1.807, 2.05) is 6.92 Å². The molecule has 172 valence electrons. The van der Waals surface area contributed by atoms with Crippen LogP contribution >= 0.6 is 0 Å². The summed E-state index contributed by atoms with van der Waals surface area (Å²) < 4.78 is 57.8. The Bertz CT molecular complexity index is 1170. The lowest BCUT2D eigenvalue weighted by Crippen LogP contribution is -2.54. The fourth-order valence-corrected chi connectivity index (χ4v) is 3.24. The maximum absolute atomic E-state index is 13.6. The number of hydrogen-bond donors (Lipinski definition) is 1. The first kappa shape index (κ1) is 22.4. The average Bonchev–Trinajstić information content (AvgIpc) is 2.75. The molecular weight excluding hydrogens is 444 g/mol. The fraction of sp³-hybridized carbons (Fsp3) is 0.286. The highest BCUT2D eigenvalue weighted by Gasteiger charge is 2.35. The SMILES string of the molecule is CCc1cc(NC(=O)c2nccnc2N2CC(Oc3cc(F)cc(C(F)(F)F)c3)C2)cnn1. The van der Waals surface area contributed by atoms with Crippen molar-refractivity contribution in [2.45, 2.75) is 25.6 Å². The van der Waals surface area contributed by atoms with Crippen molar-refractivity contribution in [2.24, 2.45) is 0 Å². The van der Waals surface area contributed by atoms with Crippen LogP contribution < -0.4 is 15.0 Å². The van der Waals surface area contributed by atoms with Crippen LogP contribution in [0.25, 0.3) is 0 Å². The normalized spacial score (nSPS) is 14.0. The number of benzene rings is 1. The van der Waals surface area contributed by atoms with Crippen LogP contribution in [0, 0.1) is 5.82 Å². The lowest BCUT2D eigenvalue weighted by Gasteiger charge is -2.40. The van der Waals surface area contributed by atoms with Gasteiger partial charge in [-0.2, -0.15) is 23.4 Å². The first-order chi connectivity index (χ1) is 15.7. The van der Waals surface area contributed by atoms with Crippen LogP contribution in [0.15, 0.2) is 42.9 Å². The molecule has 3 aromatic rings. The van der Waals surface area contributed by atoms with Crippen LogP contribution in [0.3, 0.4) is 0 Å². The molecule has 3 heterocycles. The highest BCUT2D eigenvalue weighted by Crippen LogP contribution is 2.33. The van der Waals surface area contributed by atoms with E-state index in [0.29, 0.717) is 29.7 Å². The second-order valence-corrected chi connectivity index (χ2v) is 7.29. The summed E-state index contributed by atoms with van der Waals surface area (Å²) in [6, 6.07) is 3.75. The zero-order chi connectivity index (χ0) is 23.6. The molecule has 4 rings (SSSR count). The van der Waals surface area contributed by atoms with Gasteiger partial charge in [0.25, 0.3) is 5.91 Å². The maximum atomic E-state index is 13.6. The molecule has 1 N–H and O–H groups in total. The zero-order valence-electron chi connectivity index (χ0n) is 17.3. The number of rotatable bonds is 6. The van der Waals surface area contributed by atoms with Crippen molar-refractivity contribution in [3.63, 3.8) is 0 Å². The minimum absolute atomic E-state index is 0.0657. The zero-order valence-corrected chi connectivity index (χ0v) is 17.3. The molecule has 0 atom stereocenters.